The van der Waals surface area contributed by atoms with Gasteiger partial charge in [-0.1, -0.05) is 54.2 Å². The van der Waals surface area contributed by atoms with E-state index in [1.807, 2.05) is 24.3 Å². The van der Waals surface area contributed by atoms with E-state index in [0.717, 1.165) is 27.3 Å². The van der Waals surface area contributed by atoms with Crippen LogP contribution in [0, 0.1) is 12.7 Å². The fraction of sp³-hybridized carbons (Fsp3) is 0.115. The first-order chi connectivity index (χ1) is 17.2. The highest BCUT2D eigenvalue weighted by atomic mass is 32.2. The zero-order valence-electron chi connectivity index (χ0n) is 18.8. The van der Waals surface area contributed by atoms with E-state index in [9.17, 15) is 22.4 Å². The van der Waals surface area contributed by atoms with Crippen LogP contribution >= 0.6 is 11.8 Å². The second-order valence-electron chi connectivity index (χ2n) is 8.05. The number of halogens is 4. The molecule has 0 saturated carbocycles. The van der Waals surface area contributed by atoms with Crippen LogP contribution in [0.25, 0.3) is 22.5 Å². The fourth-order valence-electron chi connectivity index (χ4n) is 4.05. The van der Waals surface area contributed by atoms with Crippen LogP contribution < -0.4 is 5.56 Å². The Morgan fingerprint density at radius 2 is 1.67 bits per heavy atom. The van der Waals surface area contributed by atoms with E-state index in [1.54, 1.807) is 18.3 Å². The summed E-state index contributed by atoms with van der Waals surface area (Å²) < 4.78 is 56.1. The monoisotopic (exact) mass is 510 g/mol. The molecule has 0 bridgehead atoms. The molecule has 0 aliphatic heterocycles. The third-order valence-electron chi connectivity index (χ3n) is 5.84. The van der Waals surface area contributed by atoms with Crippen molar-refractivity contribution < 1.29 is 17.6 Å². The first-order valence-corrected chi connectivity index (χ1v) is 11.8. The van der Waals surface area contributed by atoms with Crippen LogP contribution in [0.4, 0.5) is 17.6 Å². The molecule has 3 aromatic carbocycles. The summed E-state index contributed by atoms with van der Waals surface area (Å²) in [6, 6.07) is 17.7. The van der Waals surface area contributed by atoms with Gasteiger partial charge in [0.25, 0.3) is 0 Å². The summed E-state index contributed by atoms with van der Waals surface area (Å²) in [5.74, 6) is 0.191. The number of nitrogens with zero attached hydrogens (tertiary/aromatic N) is 4. The summed E-state index contributed by atoms with van der Waals surface area (Å²) in [6.45, 7) is 1.33. The summed E-state index contributed by atoms with van der Waals surface area (Å²) >= 11 is 1.36. The topological polar surface area (TPSA) is 52.2 Å². The number of hydrogen-bond donors (Lipinski definition) is 0. The Hall–Kier alpha value is -3.92. The van der Waals surface area contributed by atoms with Gasteiger partial charge in [0.05, 0.1) is 11.3 Å². The molecule has 0 radical (unpaired) electrons. The van der Waals surface area contributed by atoms with Crippen LogP contribution in [0.2, 0.25) is 0 Å². The number of alkyl halides is 3. The molecule has 2 aromatic heterocycles. The number of hydrogen-bond acceptors (Lipinski definition) is 4. The molecule has 0 unspecified atom stereocenters. The van der Waals surface area contributed by atoms with E-state index >= 15 is 0 Å². The van der Waals surface area contributed by atoms with E-state index in [-0.39, 0.29) is 22.7 Å². The van der Waals surface area contributed by atoms with Crippen LogP contribution in [0.5, 0.6) is 0 Å². The van der Waals surface area contributed by atoms with Crippen LogP contribution in [0.15, 0.2) is 89.1 Å². The van der Waals surface area contributed by atoms with Crippen molar-refractivity contribution in [1.29, 1.82) is 0 Å². The molecule has 182 valence electrons. The Kier molecular flexibility index (Phi) is 6.13. The molecule has 2 heterocycles. The second-order valence-corrected chi connectivity index (χ2v) is 8.99. The molecule has 0 saturated heterocycles. The third kappa shape index (κ3) is 4.39. The summed E-state index contributed by atoms with van der Waals surface area (Å²) in [5.41, 5.74) is 1.50. The van der Waals surface area contributed by atoms with Gasteiger partial charge in [-0.2, -0.15) is 13.2 Å². The van der Waals surface area contributed by atoms with Gasteiger partial charge >= 0.3 is 11.7 Å². The lowest BCUT2D eigenvalue weighted by atomic mass is 10.0. The minimum absolute atomic E-state index is 0.00336. The molecule has 0 aliphatic carbocycles. The lowest BCUT2D eigenvalue weighted by molar-refractivity contribution is -0.138. The first-order valence-electron chi connectivity index (χ1n) is 10.8. The third-order valence-corrected chi connectivity index (χ3v) is 6.83. The number of fused-ring (bicyclic) bond motifs is 1. The van der Waals surface area contributed by atoms with Crippen molar-refractivity contribution in [3.8, 4) is 16.8 Å². The van der Waals surface area contributed by atoms with Gasteiger partial charge in [0.15, 0.2) is 5.16 Å². The highest BCUT2D eigenvalue weighted by Gasteiger charge is 2.33. The predicted molar refractivity (Wildman–Crippen MR) is 130 cm³/mol. The smallest absolute Gasteiger partial charge is 0.279 e. The van der Waals surface area contributed by atoms with Gasteiger partial charge in [0.1, 0.15) is 5.82 Å². The van der Waals surface area contributed by atoms with Crippen molar-refractivity contribution in [2.24, 2.45) is 0 Å². The van der Waals surface area contributed by atoms with Crippen LogP contribution in [0.1, 0.15) is 16.7 Å². The maximum atomic E-state index is 13.3. The molecule has 5 aromatic rings. The molecular weight excluding hydrogens is 492 g/mol. The molecule has 5 nitrogen and oxygen atoms in total. The van der Waals surface area contributed by atoms with Crippen molar-refractivity contribution in [1.82, 2.24) is 19.2 Å². The predicted octanol–water partition coefficient (Wildman–Crippen LogP) is 6.31. The molecular formula is C26H18F4N4OS. The Balaban J connectivity index is 1.46. The highest BCUT2D eigenvalue weighted by molar-refractivity contribution is 7.98. The van der Waals surface area contributed by atoms with E-state index in [0.29, 0.717) is 10.9 Å². The molecule has 0 atom stereocenters. The van der Waals surface area contributed by atoms with Crippen molar-refractivity contribution >= 4 is 17.4 Å². The SMILES string of the molecule is Cc1c(-n2ccn3c(SCc4ccccc4-c4ccc(F)cc4)nnc3c2=O)cccc1C(F)(F)F. The molecule has 0 aliphatic rings. The van der Waals surface area contributed by atoms with Gasteiger partial charge in [-0.25, -0.2) is 4.39 Å². The normalized spacial score (nSPS) is 11.8. The van der Waals surface area contributed by atoms with Crippen molar-refractivity contribution in [2.75, 3.05) is 0 Å². The standard InChI is InChI=1S/C26H18F4N4OS/c1-16-21(26(28,29)30)7-4-8-22(16)33-13-14-34-23(24(33)35)31-32-25(34)36-15-18-5-2-3-6-20(18)17-9-11-19(27)12-10-17/h2-14H,15H2,1H3. The lowest BCUT2D eigenvalue weighted by Gasteiger charge is -2.15. The maximum Gasteiger partial charge on any atom is 0.416 e. The number of benzene rings is 3. The average Bonchev–Trinajstić information content (AvgIpc) is 3.27. The highest BCUT2D eigenvalue weighted by Crippen LogP contribution is 2.34. The number of thioether (sulfide) groups is 1. The van der Waals surface area contributed by atoms with E-state index in [2.05, 4.69) is 10.2 Å². The zero-order valence-corrected chi connectivity index (χ0v) is 19.6. The Morgan fingerprint density at radius 3 is 2.42 bits per heavy atom. The lowest BCUT2D eigenvalue weighted by Crippen LogP contribution is -2.22. The molecule has 0 N–H and O–H groups in total. The molecule has 0 spiro atoms. The summed E-state index contributed by atoms with van der Waals surface area (Å²) in [6.07, 6.45) is -1.56. The zero-order chi connectivity index (χ0) is 25.4. The first kappa shape index (κ1) is 23.8. The van der Waals surface area contributed by atoms with Crippen molar-refractivity contribution in [3.05, 3.63) is 112 Å². The Bertz CT molecular complexity index is 1620. The van der Waals surface area contributed by atoms with E-state index in [1.165, 1.54) is 53.5 Å². The molecule has 0 fully saturated rings. The number of aromatic nitrogens is 4. The van der Waals surface area contributed by atoms with Crippen LogP contribution in [-0.2, 0) is 11.9 Å². The van der Waals surface area contributed by atoms with Gasteiger partial charge in [-0.3, -0.25) is 13.8 Å². The van der Waals surface area contributed by atoms with Gasteiger partial charge in [-0.05, 0) is 53.4 Å². The van der Waals surface area contributed by atoms with Gasteiger partial charge < -0.3 is 0 Å². The molecule has 0 amide bonds. The fourth-order valence-corrected chi connectivity index (χ4v) is 4.97. The summed E-state index contributed by atoms with van der Waals surface area (Å²) in [7, 11) is 0. The molecule has 10 heteroatoms. The van der Waals surface area contributed by atoms with E-state index in [4.69, 9.17) is 0 Å². The maximum absolute atomic E-state index is 13.3. The van der Waals surface area contributed by atoms with Crippen LogP contribution in [0.3, 0.4) is 0 Å². The summed E-state index contributed by atoms with van der Waals surface area (Å²) in [5, 5.41) is 8.60. The largest absolute Gasteiger partial charge is 0.416 e. The van der Waals surface area contributed by atoms with Gasteiger partial charge in [0, 0.05) is 18.1 Å². The number of rotatable bonds is 5. The van der Waals surface area contributed by atoms with Crippen molar-refractivity contribution in [2.45, 2.75) is 24.0 Å². The molecule has 36 heavy (non-hydrogen) atoms. The minimum atomic E-state index is -4.53. The van der Waals surface area contributed by atoms with Gasteiger partial charge in [-0.15, -0.1) is 10.2 Å². The molecule has 5 rings (SSSR count). The van der Waals surface area contributed by atoms with Crippen LogP contribution in [-0.4, -0.2) is 19.2 Å². The van der Waals surface area contributed by atoms with E-state index < -0.39 is 17.3 Å². The second kappa shape index (κ2) is 9.27. The quantitative estimate of drug-likeness (QED) is 0.206. The minimum Gasteiger partial charge on any atom is -0.279 e. The Morgan fingerprint density at radius 1 is 0.917 bits per heavy atom. The summed E-state index contributed by atoms with van der Waals surface area (Å²) in [4.78, 5) is 13.1. The Labute approximate surface area is 207 Å². The van der Waals surface area contributed by atoms with Crippen molar-refractivity contribution in [3.63, 3.8) is 0 Å². The van der Waals surface area contributed by atoms with Gasteiger partial charge in [0.2, 0.25) is 5.65 Å². The average molecular weight is 511 g/mol.